The third-order valence-corrected chi connectivity index (χ3v) is 6.87. The summed E-state index contributed by atoms with van der Waals surface area (Å²) in [5.41, 5.74) is 0.856. The maximum absolute atomic E-state index is 2.87. The van der Waals surface area contributed by atoms with E-state index in [2.05, 4.69) is 51.3 Å². The highest BCUT2D eigenvalue weighted by Gasteiger charge is 2.46. The van der Waals surface area contributed by atoms with Crippen molar-refractivity contribution in [3.8, 4) is 0 Å². The van der Waals surface area contributed by atoms with E-state index >= 15 is 0 Å². The van der Waals surface area contributed by atoms with Crippen LogP contribution in [0, 0.1) is 23.2 Å². The SMILES string of the molecule is CC(C)(C)C1CC2CN(C3CCCN(C(C)(C)C)C3)CC2C1. The van der Waals surface area contributed by atoms with Crippen molar-refractivity contribution in [3.05, 3.63) is 0 Å². The third-order valence-electron chi connectivity index (χ3n) is 6.87. The van der Waals surface area contributed by atoms with Crippen molar-refractivity contribution in [1.29, 1.82) is 0 Å². The Balaban J connectivity index is 1.57. The van der Waals surface area contributed by atoms with Gasteiger partial charge in [0.2, 0.25) is 0 Å². The Morgan fingerprint density at radius 2 is 1.41 bits per heavy atom. The molecule has 0 aromatic carbocycles. The lowest BCUT2D eigenvalue weighted by atomic mass is 9.79. The van der Waals surface area contributed by atoms with Gasteiger partial charge < -0.3 is 0 Å². The number of piperidine rings is 1. The van der Waals surface area contributed by atoms with E-state index in [-0.39, 0.29) is 0 Å². The van der Waals surface area contributed by atoms with E-state index in [1.807, 2.05) is 0 Å². The van der Waals surface area contributed by atoms with Gasteiger partial charge in [0.25, 0.3) is 0 Å². The van der Waals surface area contributed by atoms with Crippen LogP contribution in [0.5, 0.6) is 0 Å². The van der Waals surface area contributed by atoms with Gasteiger partial charge in [0.1, 0.15) is 0 Å². The summed E-state index contributed by atoms with van der Waals surface area (Å²) < 4.78 is 0. The lowest BCUT2D eigenvalue weighted by Gasteiger charge is -2.44. The van der Waals surface area contributed by atoms with Gasteiger partial charge in [0.05, 0.1) is 0 Å². The second-order valence-electron chi connectivity index (χ2n) is 10.4. The molecule has 3 atom stereocenters. The van der Waals surface area contributed by atoms with Crippen molar-refractivity contribution in [2.75, 3.05) is 26.2 Å². The fraction of sp³-hybridized carbons (Fsp3) is 1.00. The van der Waals surface area contributed by atoms with Gasteiger partial charge in [-0.2, -0.15) is 0 Å². The average Bonchev–Trinajstić information content (AvgIpc) is 2.95. The minimum atomic E-state index is 0.339. The normalized spacial score (nSPS) is 38.5. The van der Waals surface area contributed by atoms with Crippen LogP contribution in [-0.4, -0.2) is 47.6 Å². The first kappa shape index (κ1) is 16.8. The first-order valence-electron chi connectivity index (χ1n) is 9.63. The third kappa shape index (κ3) is 3.38. The van der Waals surface area contributed by atoms with E-state index in [4.69, 9.17) is 0 Å². The standard InChI is InChI=1S/C20H38N2/c1-19(2,3)17-10-15-12-21(13-16(15)11-17)18-8-7-9-22(14-18)20(4,5)6/h15-18H,7-14H2,1-6H3. The van der Waals surface area contributed by atoms with Crippen LogP contribution >= 0.6 is 0 Å². The molecule has 1 saturated carbocycles. The van der Waals surface area contributed by atoms with Crippen molar-refractivity contribution in [2.24, 2.45) is 23.2 Å². The lowest BCUT2D eigenvalue weighted by Crippen LogP contribution is -2.53. The summed E-state index contributed by atoms with van der Waals surface area (Å²) in [6.45, 7) is 19.8. The summed E-state index contributed by atoms with van der Waals surface area (Å²) in [5.74, 6) is 2.95. The summed E-state index contributed by atoms with van der Waals surface area (Å²) in [4.78, 5) is 5.58. The van der Waals surface area contributed by atoms with Crippen LogP contribution in [0.3, 0.4) is 0 Å². The molecule has 2 heteroatoms. The second kappa shape index (κ2) is 5.77. The molecule has 3 rings (SSSR count). The zero-order chi connectivity index (χ0) is 16.1. The Labute approximate surface area is 138 Å². The largest absolute Gasteiger partial charge is 0.299 e. The molecule has 1 aliphatic carbocycles. The number of hydrogen-bond acceptors (Lipinski definition) is 2. The first-order valence-corrected chi connectivity index (χ1v) is 9.63. The molecule has 0 spiro atoms. The number of rotatable bonds is 1. The number of likely N-dealkylation sites (tertiary alicyclic amines) is 2. The fourth-order valence-corrected chi connectivity index (χ4v) is 5.20. The maximum Gasteiger partial charge on any atom is 0.0224 e. The Morgan fingerprint density at radius 3 is 1.91 bits per heavy atom. The molecule has 3 fully saturated rings. The highest BCUT2D eigenvalue weighted by Crippen LogP contribution is 2.49. The van der Waals surface area contributed by atoms with Crippen molar-refractivity contribution in [1.82, 2.24) is 9.80 Å². The highest BCUT2D eigenvalue weighted by molar-refractivity contribution is 4.98. The molecule has 0 aromatic heterocycles. The van der Waals surface area contributed by atoms with Crippen LogP contribution < -0.4 is 0 Å². The topological polar surface area (TPSA) is 6.48 Å². The van der Waals surface area contributed by atoms with E-state index in [9.17, 15) is 0 Å². The highest BCUT2D eigenvalue weighted by atomic mass is 15.3. The molecule has 0 amide bonds. The molecular formula is C20H38N2. The molecule has 22 heavy (non-hydrogen) atoms. The van der Waals surface area contributed by atoms with E-state index in [0.29, 0.717) is 11.0 Å². The van der Waals surface area contributed by atoms with Gasteiger partial charge in [-0.25, -0.2) is 0 Å². The molecule has 2 aliphatic heterocycles. The molecule has 128 valence electrons. The van der Waals surface area contributed by atoms with Crippen molar-refractivity contribution in [2.45, 2.75) is 78.8 Å². The number of fused-ring (bicyclic) bond motifs is 1. The fourth-order valence-electron chi connectivity index (χ4n) is 5.20. The lowest BCUT2D eigenvalue weighted by molar-refractivity contribution is 0.0479. The van der Waals surface area contributed by atoms with E-state index < -0.39 is 0 Å². The maximum atomic E-state index is 2.87. The Kier molecular flexibility index (Phi) is 4.40. The van der Waals surface area contributed by atoms with Gasteiger partial charge in [-0.1, -0.05) is 20.8 Å². The monoisotopic (exact) mass is 306 g/mol. The molecule has 0 N–H and O–H groups in total. The smallest absolute Gasteiger partial charge is 0.0224 e. The van der Waals surface area contributed by atoms with E-state index in [1.165, 1.54) is 51.9 Å². The van der Waals surface area contributed by atoms with Crippen molar-refractivity contribution < 1.29 is 0 Å². The summed E-state index contributed by atoms with van der Waals surface area (Å²) >= 11 is 0. The zero-order valence-corrected chi connectivity index (χ0v) is 15.9. The zero-order valence-electron chi connectivity index (χ0n) is 15.9. The van der Waals surface area contributed by atoms with Crippen LogP contribution in [0.4, 0.5) is 0 Å². The van der Waals surface area contributed by atoms with Crippen LogP contribution in [0.2, 0.25) is 0 Å². The molecular weight excluding hydrogens is 268 g/mol. The van der Waals surface area contributed by atoms with Gasteiger partial charge in [0.15, 0.2) is 0 Å². The molecule has 3 unspecified atom stereocenters. The first-order chi connectivity index (χ1) is 10.1. The van der Waals surface area contributed by atoms with Gasteiger partial charge in [0, 0.05) is 31.2 Å². The quantitative estimate of drug-likeness (QED) is 0.714. The second-order valence-corrected chi connectivity index (χ2v) is 10.4. The van der Waals surface area contributed by atoms with Crippen molar-refractivity contribution in [3.63, 3.8) is 0 Å². The molecule has 2 saturated heterocycles. The van der Waals surface area contributed by atoms with Gasteiger partial charge in [-0.15, -0.1) is 0 Å². The molecule has 3 aliphatic rings. The Bertz CT molecular complexity index is 375. The summed E-state index contributed by atoms with van der Waals surface area (Å²) in [6.07, 6.45) is 5.79. The molecule has 0 bridgehead atoms. The van der Waals surface area contributed by atoms with Gasteiger partial charge in [-0.3, -0.25) is 9.80 Å². The van der Waals surface area contributed by atoms with Gasteiger partial charge in [-0.05, 0) is 76.2 Å². The van der Waals surface area contributed by atoms with Crippen LogP contribution in [0.15, 0.2) is 0 Å². The summed E-state index contributed by atoms with van der Waals surface area (Å²) in [6, 6.07) is 0.826. The van der Waals surface area contributed by atoms with E-state index in [1.54, 1.807) is 0 Å². The summed E-state index contributed by atoms with van der Waals surface area (Å²) in [5, 5.41) is 0. The van der Waals surface area contributed by atoms with Crippen molar-refractivity contribution >= 4 is 0 Å². The van der Waals surface area contributed by atoms with Crippen LogP contribution in [-0.2, 0) is 0 Å². The van der Waals surface area contributed by atoms with Gasteiger partial charge >= 0.3 is 0 Å². The predicted octanol–water partition coefficient (Wildman–Crippen LogP) is 4.25. The van der Waals surface area contributed by atoms with E-state index in [0.717, 1.165) is 23.8 Å². The minimum Gasteiger partial charge on any atom is -0.299 e. The Hall–Kier alpha value is -0.0800. The molecule has 2 heterocycles. The minimum absolute atomic E-state index is 0.339. The number of nitrogens with zero attached hydrogens (tertiary/aromatic N) is 2. The van der Waals surface area contributed by atoms with Crippen LogP contribution in [0.25, 0.3) is 0 Å². The molecule has 2 nitrogen and oxygen atoms in total. The molecule has 0 aromatic rings. The summed E-state index contributed by atoms with van der Waals surface area (Å²) in [7, 11) is 0. The van der Waals surface area contributed by atoms with Crippen LogP contribution in [0.1, 0.15) is 67.2 Å². The Morgan fingerprint density at radius 1 is 0.818 bits per heavy atom. The predicted molar refractivity (Wildman–Crippen MR) is 95.1 cm³/mol. The molecule has 0 radical (unpaired) electrons. The number of hydrogen-bond donors (Lipinski definition) is 0. The average molecular weight is 307 g/mol.